The zero-order valence-corrected chi connectivity index (χ0v) is 8.99. The van der Waals surface area contributed by atoms with E-state index < -0.39 is 0 Å². The Morgan fingerprint density at radius 3 is 2.86 bits per heavy atom. The maximum absolute atomic E-state index is 5.57. The van der Waals surface area contributed by atoms with Gasteiger partial charge in [0.15, 0.2) is 0 Å². The van der Waals surface area contributed by atoms with Gasteiger partial charge in [-0.15, -0.1) is 0 Å². The number of hydrogen-bond donors (Lipinski definition) is 1. The average Bonchev–Trinajstić information content (AvgIpc) is 2.55. The first kappa shape index (κ1) is 11.2. The van der Waals surface area contributed by atoms with Gasteiger partial charge in [0.2, 0.25) is 0 Å². The molecular formula is C10H19N3O. The van der Waals surface area contributed by atoms with Crippen molar-refractivity contribution >= 4 is 0 Å². The highest BCUT2D eigenvalue weighted by atomic mass is 16.5. The quantitative estimate of drug-likeness (QED) is 0.694. The zero-order chi connectivity index (χ0) is 10.4. The number of hydrogen-bond acceptors (Lipinski definition) is 3. The predicted molar refractivity (Wildman–Crippen MR) is 56.0 cm³/mol. The SMILES string of the molecule is COCCCCn1ncc(CN)c1C. The molecule has 4 heteroatoms. The lowest BCUT2D eigenvalue weighted by atomic mass is 10.2. The first-order valence-corrected chi connectivity index (χ1v) is 5.00. The third-order valence-electron chi connectivity index (χ3n) is 2.39. The summed E-state index contributed by atoms with van der Waals surface area (Å²) in [6, 6.07) is 0. The maximum Gasteiger partial charge on any atom is 0.0537 e. The van der Waals surface area contributed by atoms with Crippen LogP contribution in [0.4, 0.5) is 0 Å². The number of ether oxygens (including phenoxy) is 1. The first-order valence-electron chi connectivity index (χ1n) is 5.00. The molecule has 1 aromatic heterocycles. The molecule has 2 N–H and O–H groups in total. The third-order valence-corrected chi connectivity index (χ3v) is 2.39. The summed E-state index contributed by atoms with van der Waals surface area (Å²) in [6.07, 6.45) is 4.03. The number of nitrogens with zero attached hydrogens (tertiary/aromatic N) is 2. The Morgan fingerprint density at radius 2 is 2.29 bits per heavy atom. The number of aromatic nitrogens is 2. The molecule has 0 atom stereocenters. The fourth-order valence-corrected chi connectivity index (χ4v) is 1.42. The monoisotopic (exact) mass is 197 g/mol. The summed E-state index contributed by atoms with van der Waals surface area (Å²) < 4.78 is 7.00. The summed E-state index contributed by atoms with van der Waals surface area (Å²) in [5.74, 6) is 0. The van der Waals surface area contributed by atoms with E-state index in [4.69, 9.17) is 10.5 Å². The van der Waals surface area contributed by atoms with Crippen LogP contribution < -0.4 is 5.73 Å². The molecule has 0 saturated heterocycles. The van der Waals surface area contributed by atoms with Gasteiger partial charge in [0.25, 0.3) is 0 Å². The number of methoxy groups -OCH3 is 1. The smallest absolute Gasteiger partial charge is 0.0537 e. The Kier molecular flexibility index (Phi) is 4.62. The van der Waals surface area contributed by atoms with E-state index in [0.717, 1.165) is 31.6 Å². The van der Waals surface area contributed by atoms with E-state index in [0.29, 0.717) is 6.54 Å². The minimum atomic E-state index is 0.573. The van der Waals surface area contributed by atoms with Crippen LogP contribution in [0.25, 0.3) is 0 Å². The van der Waals surface area contributed by atoms with Gasteiger partial charge in [-0.3, -0.25) is 4.68 Å². The fourth-order valence-electron chi connectivity index (χ4n) is 1.42. The molecule has 0 amide bonds. The van der Waals surface area contributed by atoms with Gasteiger partial charge in [-0.05, 0) is 19.8 Å². The topological polar surface area (TPSA) is 53.1 Å². The fraction of sp³-hybridized carbons (Fsp3) is 0.700. The Balaban J connectivity index is 2.39. The molecule has 0 spiro atoms. The van der Waals surface area contributed by atoms with Gasteiger partial charge in [0.05, 0.1) is 6.20 Å². The molecule has 14 heavy (non-hydrogen) atoms. The standard InChI is InChI=1S/C10H19N3O/c1-9-10(7-11)8-12-13(9)5-3-4-6-14-2/h8H,3-7,11H2,1-2H3. The number of rotatable bonds is 6. The van der Waals surface area contributed by atoms with Crippen LogP contribution in [0.15, 0.2) is 6.20 Å². The molecule has 0 saturated carbocycles. The van der Waals surface area contributed by atoms with Crippen molar-refractivity contribution in [2.45, 2.75) is 32.9 Å². The van der Waals surface area contributed by atoms with Gasteiger partial charge in [-0.1, -0.05) is 0 Å². The highest BCUT2D eigenvalue weighted by Crippen LogP contribution is 2.07. The van der Waals surface area contributed by atoms with E-state index >= 15 is 0 Å². The molecule has 0 aromatic carbocycles. The number of aryl methyl sites for hydroxylation is 1. The number of nitrogens with two attached hydrogens (primary N) is 1. The lowest BCUT2D eigenvalue weighted by Crippen LogP contribution is -2.05. The Bertz CT molecular complexity index is 270. The highest BCUT2D eigenvalue weighted by Gasteiger charge is 2.03. The molecule has 0 aliphatic heterocycles. The Labute approximate surface area is 85.0 Å². The van der Waals surface area contributed by atoms with Crippen LogP contribution in [-0.4, -0.2) is 23.5 Å². The number of unbranched alkanes of at least 4 members (excludes halogenated alkanes) is 1. The van der Waals surface area contributed by atoms with Crippen LogP contribution in [0.1, 0.15) is 24.1 Å². The lowest BCUT2D eigenvalue weighted by molar-refractivity contribution is 0.191. The second kappa shape index (κ2) is 5.78. The molecule has 0 radical (unpaired) electrons. The van der Waals surface area contributed by atoms with Crippen molar-refractivity contribution in [2.24, 2.45) is 5.73 Å². The molecule has 0 fully saturated rings. The van der Waals surface area contributed by atoms with Gasteiger partial charge in [0.1, 0.15) is 0 Å². The molecule has 0 unspecified atom stereocenters. The van der Waals surface area contributed by atoms with Crippen molar-refractivity contribution < 1.29 is 4.74 Å². The van der Waals surface area contributed by atoms with Gasteiger partial charge in [0, 0.05) is 38.1 Å². The minimum absolute atomic E-state index is 0.573. The van der Waals surface area contributed by atoms with Gasteiger partial charge in [-0.2, -0.15) is 5.10 Å². The van der Waals surface area contributed by atoms with Crippen LogP contribution in [0.5, 0.6) is 0 Å². The van der Waals surface area contributed by atoms with Gasteiger partial charge >= 0.3 is 0 Å². The second-order valence-corrected chi connectivity index (χ2v) is 3.38. The molecule has 0 bridgehead atoms. The van der Waals surface area contributed by atoms with Crippen molar-refractivity contribution in [1.82, 2.24) is 9.78 Å². The Hall–Kier alpha value is -0.870. The largest absolute Gasteiger partial charge is 0.385 e. The average molecular weight is 197 g/mol. The first-order chi connectivity index (χ1) is 6.79. The molecule has 0 aliphatic rings. The lowest BCUT2D eigenvalue weighted by Gasteiger charge is -2.04. The molecule has 4 nitrogen and oxygen atoms in total. The molecular weight excluding hydrogens is 178 g/mol. The molecule has 1 aromatic rings. The van der Waals surface area contributed by atoms with Crippen molar-refractivity contribution in [1.29, 1.82) is 0 Å². The van der Waals surface area contributed by atoms with E-state index in [1.54, 1.807) is 7.11 Å². The van der Waals surface area contributed by atoms with Crippen molar-refractivity contribution in [3.8, 4) is 0 Å². The summed E-state index contributed by atoms with van der Waals surface area (Å²) in [5.41, 5.74) is 7.89. The molecule has 80 valence electrons. The van der Waals surface area contributed by atoms with Crippen LogP contribution in [-0.2, 0) is 17.8 Å². The van der Waals surface area contributed by atoms with Gasteiger partial charge in [-0.25, -0.2) is 0 Å². The predicted octanol–water partition coefficient (Wildman–Crippen LogP) is 1.08. The minimum Gasteiger partial charge on any atom is -0.385 e. The van der Waals surface area contributed by atoms with Crippen LogP contribution in [0.2, 0.25) is 0 Å². The third kappa shape index (κ3) is 2.82. The van der Waals surface area contributed by atoms with Crippen LogP contribution >= 0.6 is 0 Å². The van der Waals surface area contributed by atoms with Crippen LogP contribution in [0, 0.1) is 6.92 Å². The Morgan fingerprint density at radius 1 is 1.50 bits per heavy atom. The summed E-state index contributed by atoms with van der Waals surface area (Å²) in [6.45, 7) is 4.41. The zero-order valence-electron chi connectivity index (χ0n) is 8.99. The summed E-state index contributed by atoms with van der Waals surface area (Å²) >= 11 is 0. The van der Waals surface area contributed by atoms with E-state index in [1.807, 2.05) is 10.9 Å². The van der Waals surface area contributed by atoms with E-state index in [1.165, 1.54) is 5.69 Å². The highest BCUT2D eigenvalue weighted by molar-refractivity contribution is 5.15. The van der Waals surface area contributed by atoms with Crippen molar-refractivity contribution in [3.05, 3.63) is 17.5 Å². The van der Waals surface area contributed by atoms with E-state index in [2.05, 4.69) is 12.0 Å². The van der Waals surface area contributed by atoms with E-state index in [-0.39, 0.29) is 0 Å². The van der Waals surface area contributed by atoms with E-state index in [9.17, 15) is 0 Å². The summed E-state index contributed by atoms with van der Waals surface area (Å²) in [5, 5.41) is 4.28. The molecule has 0 aliphatic carbocycles. The molecule has 1 rings (SSSR count). The van der Waals surface area contributed by atoms with Crippen molar-refractivity contribution in [3.63, 3.8) is 0 Å². The molecule has 1 heterocycles. The normalized spacial score (nSPS) is 10.8. The van der Waals surface area contributed by atoms with Gasteiger partial charge < -0.3 is 10.5 Å². The van der Waals surface area contributed by atoms with Crippen molar-refractivity contribution in [2.75, 3.05) is 13.7 Å². The maximum atomic E-state index is 5.57. The summed E-state index contributed by atoms with van der Waals surface area (Å²) in [7, 11) is 1.73. The summed E-state index contributed by atoms with van der Waals surface area (Å²) in [4.78, 5) is 0. The second-order valence-electron chi connectivity index (χ2n) is 3.38. The van der Waals surface area contributed by atoms with Crippen LogP contribution in [0.3, 0.4) is 0 Å².